The minimum Gasteiger partial charge on any atom is -0.476 e. The summed E-state index contributed by atoms with van der Waals surface area (Å²) in [6.07, 6.45) is 0.740. The van der Waals surface area contributed by atoms with Crippen molar-refractivity contribution in [3.05, 3.63) is 54.7 Å². The van der Waals surface area contributed by atoms with Gasteiger partial charge in [0.05, 0.1) is 17.7 Å². The zero-order valence-electron chi connectivity index (χ0n) is 9.60. The van der Waals surface area contributed by atoms with E-state index in [-0.39, 0.29) is 18.0 Å². The zero-order chi connectivity index (χ0) is 14.9. The van der Waals surface area contributed by atoms with Crippen molar-refractivity contribution in [1.82, 2.24) is 14.7 Å². The normalized spacial score (nSPS) is 10.4. The summed E-state index contributed by atoms with van der Waals surface area (Å²) in [6.45, 7) is -0.309. The molecular formula is C9H6N4O7. The Morgan fingerprint density at radius 1 is 1.55 bits per heavy atom. The van der Waals surface area contributed by atoms with Gasteiger partial charge in [-0.15, -0.1) is 0 Å². The number of carbonyl (C=O) groups is 1. The molecule has 2 rings (SSSR count). The van der Waals surface area contributed by atoms with E-state index >= 15 is 0 Å². The largest absolute Gasteiger partial charge is 0.476 e. The SMILES string of the molecule is O=C(O)c1cc(Cn2cc([N+](=O)[O-])c(=O)[nH]c2=O)on1. The molecule has 2 heterocycles. The number of hydrogen-bond acceptors (Lipinski definition) is 7. The van der Waals surface area contributed by atoms with Crippen molar-refractivity contribution < 1.29 is 19.3 Å². The molecule has 0 fully saturated rings. The van der Waals surface area contributed by atoms with Gasteiger partial charge < -0.3 is 9.63 Å². The maximum absolute atomic E-state index is 11.5. The molecule has 2 N–H and O–H groups in total. The topological polar surface area (TPSA) is 161 Å². The quantitative estimate of drug-likeness (QED) is 0.542. The standard InChI is InChI=1S/C9H6N4O7/c14-7-6(13(18)19)3-12(9(17)10-7)2-4-1-5(8(15)16)11-20-4/h1,3H,2H2,(H,15,16)(H,10,14,17). The third-order valence-electron chi connectivity index (χ3n) is 2.29. The van der Waals surface area contributed by atoms with Gasteiger partial charge in [0.2, 0.25) is 0 Å². The Balaban J connectivity index is 2.40. The predicted molar refractivity (Wildman–Crippen MR) is 60.5 cm³/mol. The summed E-state index contributed by atoms with van der Waals surface area (Å²) < 4.78 is 5.46. The second-order valence-electron chi connectivity index (χ2n) is 3.64. The number of nitrogens with zero attached hydrogens (tertiary/aromatic N) is 3. The Morgan fingerprint density at radius 2 is 2.25 bits per heavy atom. The lowest BCUT2D eigenvalue weighted by Crippen LogP contribution is -2.31. The lowest BCUT2D eigenvalue weighted by Gasteiger charge is -2.00. The molecule has 11 heteroatoms. The Hall–Kier alpha value is -3.24. The monoisotopic (exact) mass is 282 g/mol. The van der Waals surface area contributed by atoms with Gasteiger partial charge in [-0.2, -0.15) is 0 Å². The van der Waals surface area contributed by atoms with E-state index in [1.165, 1.54) is 0 Å². The summed E-state index contributed by atoms with van der Waals surface area (Å²) in [7, 11) is 0. The Labute approximate surface area is 108 Å². The first-order valence-electron chi connectivity index (χ1n) is 5.05. The molecule has 0 atom stereocenters. The van der Waals surface area contributed by atoms with E-state index in [0.717, 1.165) is 16.8 Å². The molecule has 0 saturated heterocycles. The van der Waals surface area contributed by atoms with Gasteiger partial charge in [-0.05, 0) is 0 Å². The molecule has 0 radical (unpaired) electrons. The van der Waals surface area contributed by atoms with Crippen LogP contribution >= 0.6 is 0 Å². The molecule has 20 heavy (non-hydrogen) atoms. The van der Waals surface area contributed by atoms with Gasteiger partial charge in [0.1, 0.15) is 0 Å². The molecule has 2 aromatic rings. The van der Waals surface area contributed by atoms with Gasteiger partial charge in [0.15, 0.2) is 11.5 Å². The van der Waals surface area contributed by atoms with Gasteiger partial charge in [0, 0.05) is 6.07 Å². The first-order chi connectivity index (χ1) is 9.38. The van der Waals surface area contributed by atoms with Crippen molar-refractivity contribution in [2.45, 2.75) is 6.54 Å². The lowest BCUT2D eigenvalue weighted by atomic mass is 10.3. The van der Waals surface area contributed by atoms with Crippen LogP contribution in [0.4, 0.5) is 5.69 Å². The highest BCUT2D eigenvalue weighted by molar-refractivity contribution is 5.85. The van der Waals surface area contributed by atoms with E-state index in [4.69, 9.17) is 5.11 Å². The summed E-state index contributed by atoms with van der Waals surface area (Å²) in [4.78, 5) is 44.6. The van der Waals surface area contributed by atoms with E-state index in [1.54, 1.807) is 4.98 Å². The van der Waals surface area contributed by atoms with Crippen molar-refractivity contribution in [1.29, 1.82) is 0 Å². The maximum atomic E-state index is 11.5. The fourth-order valence-corrected chi connectivity index (χ4v) is 1.40. The van der Waals surface area contributed by atoms with Crippen molar-refractivity contribution in [3.8, 4) is 0 Å². The average molecular weight is 282 g/mol. The van der Waals surface area contributed by atoms with Crippen LogP contribution in [0.3, 0.4) is 0 Å². The minimum absolute atomic E-state index is 0.00848. The van der Waals surface area contributed by atoms with Crippen LogP contribution in [0.5, 0.6) is 0 Å². The zero-order valence-corrected chi connectivity index (χ0v) is 9.60. The van der Waals surface area contributed by atoms with Crippen molar-refractivity contribution in [3.63, 3.8) is 0 Å². The van der Waals surface area contributed by atoms with Gasteiger partial charge in [0.25, 0.3) is 0 Å². The van der Waals surface area contributed by atoms with Gasteiger partial charge >= 0.3 is 22.9 Å². The molecule has 0 spiro atoms. The predicted octanol–water partition coefficient (Wildman–Crippen LogP) is -0.821. The molecule has 104 valence electrons. The van der Waals surface area contributed by atoms with Crippen LogP contribution in [0.25, 0.3) is 0 Å². The van der Waals surface area contributed by atoms with Crippen LogP contribution in [0.2, 0.25) is 0 Å². The van der Waals surface area contributed by atoms with Crippen LogP contribution in [-0.4, -0.2) is 30.7 Å². The number of nitrogens with one attached hydrogen (secondary N) is 1. The molecule has 0 aromatic carbocycles. The van der Waals surface area contributed by atoms with E-state index < -0.39 is 27.8 Å². The number of carboxylic acid groups (broad SMARTS) is 1. The number of carboxylic acids is 1. The van der Waals surface area contributed by atoms with Gasteiger partial charge in [-0.1, -0.05) is 5.16 Å². The highest BCUT2D eigenvalue weighted by atomic mass is 16.6. The van der Waals surface area contributed by atoms with Crippen LogP contribution in [-0.2, 0) is 6.54 Å². The van der Waals surface area contributed by atoms with Crippen molar-refractivity contribution >= 4 is 11.7 Å². The number of hydrogen-bond donors (Lipinski definition) is 2. The molecule has 0 aliphatic heterocycles. The van der Waals surface area contributed by atoms with Crippen molar-refractivity contribution in [2.24, 2.45) is 0 Å². The second kappa shape index (κ2) is 4.79. The maximum Gasteiger partial charge on any atom is 0.358 e. The van der Waals surface area contributed by atoms with E-state index in [1.807, 2.05) is 0 Å². The minimum atomic E-state index is -1.32. The molecule has 0 amide bonds. The average Bonchev–Trinajstić information content (AvgIpc) is 2.80. The summed E-state index contributed by atoms with van der Waals surface area (Å²) in [5.41, 5.74) is -3.21. The first-order valence-corrected chi connectivity index (χ1v) is 5.05. The van der Waals surface area contributed by atoms with Crippen LogP contribution in [0.1, 0.15) is 16.2 Å². The second-order valence-corrected chi connectivity index (χ2v) is 3.64. The fourth-order valence-electron chi connectivity index (χ4n) is 1.40. The Bertz CT molecular complexity index is 799. The molecule has 0 aliphatic carbocycles. The molecular weight excluding hydrogens is 276 g/mol. The third-order valence-corrected chi connectivity index (χ3v) is 2.29. The molecule has 11 nitrogen and oxygen atoms in total. The Morgan fingerprint density at radius 3 is 2.80 bits per heavy atom. The first kappa shape index (κ1) is 13.2. The number of nitro groups is 1. The van der Waals surface area contributed by atoms with Gasteiger partial charge in [-0.25, -0.2) is 9.59 Å². The van der Waals surface area contributed by atoms with Crippen LogP contribution in [0.15, 0.2) is 26.4 Å². The number of rotatable bonds is 4. The number of H-pyrrole nitrogens is 1. The van der Waals surface area contributed by atoms with E-state index in [2.05, 4.69) is 9.68 Å². The summed E-state index contributed by atoms with van der Waals surface area (Å²) in [5, 5.41) is 22.5. The number of aromatic amines is 1. The van der Waals surface area contributed by atoms with E-state index in [9.17, 15) is 24.5 Å². The molecule has 0 aliphatic rings. The third kappa shape index (κ3) is 2.45. The van der Waals surface area contributed by atoms with Gasteiger partial charge in [-0.3, -0.25) is 24.5 Å². The number of aromatic carboxylic acids is 1. The fraction of sp³-hybridized carbons (Fsp3) is 0.111. The number of aromatic nitrogens is 3. The highest BCUT2D eigenvalue weighted by Gasteiger charge is 2.17. The smallest absolute Gasteiger partial charge is 0.358 e. The van der Waals surface area contributed by atoms with E-state index in [0.29, 0.717) is 0 Å². The molecule has 0 unspecified atom stereocenters. The van der Waals surface area contributed by atoms with Crippen LogP contribution < -0.4 is 11.2 Å². The van der Waals surface area contributed by atoms with Crippen LogP contribution in [0, 0.1) is 10.1 Å². The summed E-state index contributed by atoms with van der Waals surface area (Å²) >= 11 is 0. The Kier molecular flexibility index (Phi) is 3.16. The highest BCUT2D eigenvalue weighted by Crippen LogP contribution is 2.06. The molecule has 0 saturated carbocycles. The summed E-state index contributed by atoms with van der Waals surface area (Å²) in [5.74, 6) is -1.33. The van der Waals surface area contributed by atoms with Crippen molar-refractivity contribution in [2.75, 3.05) is 0 Å². The molecule has 0 bridgehead atoms. The molecule has 2 aromatic heterocycles. The summed E-state index contributed by atoms with van der Waals surface area (Å²) in [6, 6.07) is 1.06. The lowest BCUT2D eigenvalue weighted by molar-refractivity contribution is -0.386.